The molecule has 3 rings (SSSR count). The zero-order valence-electron chi connectivity index (χ0n) is 14.5. The number of hydrogen-bond donors (Lipinski definition) is 2. The second kappa shape index (κ2) is 9.92. The van der Waals surface area contributed by atoms with Crippen LogP contribution in [0, 0.1) is 11.6 Å². The average molecular weight is 425 g/mol. The van der Waals surface area contributed by atoms with Crippen LogP contribution in [0.1, 0.15) is 15.9 Å². The topological polar surface area (TPSA) is 78.3 Å². The number of carbonyl (C=O) groups is 1. The SMILES string of the molecule is Nc1ccc(Cl)cc1F.Nc1ccc(F)c(C(=O)OCc2ccccc2)c1Cl. The van der Waals surface area contributed by atoms with Crippen molar-refractivity contribution in [1.82, 2.24) is 0 Å². The Morgan fingerprint density at radius 3 is 2.14 bits per heavy atom. The molecule has 28 heavy (non-hydrogen) atoms. The molecule has 0 aliphatic carbocycles. The van der Waals surface area contributed by atoms with E-state index < -0.39 is 17.6 Å². The van der Waals surface area contributed by atoms with Gasteiger partial charge in [0.05, 0.1) is 16.4 Å². The summed E-state index contributed by atoms with van der Waals surface area (Å²) in [4.78, 5) is 11.8. The molecule has 0 atom stereocenters. The van der Waals surface area contributed by atoms with Crippen molar-refractivity contribution in [2.75, 3.05) is 11.5 Å². The van der Waals surface area contributed by atoms with E-state index in [0.29, 0.717) is 5.02 Å². The molecule has 4 N–H and O–H groups in total. The fourth-order valence-corrected chi connectivity index (χ4v) is 2.44. The quantitative estimate of drug-likeness (QED) is 0.430. The molecule has 0 saturated carbocycles. The molecule has 0 saturated heterocycles. The van der Waals surface area contributed by atoms with Gasteiger partial charge in [0.15, 0.2) is 0 Å². The lowest BCUT2D eigenvalue weighted by Crippen LogP contribution is -2.09. The molecule has 0 aromatic heterocycles. The van der Waals surface area contributed by atoms with Gasteiger partial charge in [0, 0.05) is 5.02 Å². The molecule has 0 unspecified atom stereocenters. The number of carbonyl (C=O) groups excluding carboxylic acids is 1. The first-order valence-electron chi connectivity index (χ1n) is 7.94. The van der Waals surface area contributed by atoms with Gasteiger partial charge < -0.3 is 16.2 Å². The second-order valence-electron chi connectivity index (χ2n) is 5.55. The standard InChI is InChI=1S/C14H11ClFNO2.C6H5ClFN/c15-13-11(17)7-6-10(16)12(13)14(18)19-8-9-4-2-1-3-5-9;7-4-1-2-6(9)5(8)3-4/h1-7H,8,17H2;1-3H,9H2. The third-order valence-electron chi connectivity index (χ3n) is 3.50. The van der Waals surface area contributed by atoms with Crippen molar-refractivity contribution in [2.24, 2.45) is 0 Å². The number of esters is 1. The van der Waals surface area contributed by atoms with E-state index in [-0.39, 0.29) is 28.6 Å². The molecule has 0 heterocycles. The normalized spacial score (nSPS) is 10.0. The monoisotopic (exact) mass is 424 g/mol. The van der Waals surface area contributed by atoms with Gasteiger partial charge in [-0.25, -0.2) is 13.6 Å². The lowest BCUT2D eigenvalue weighted by Gasteiger charge is -2.08. The maximum Gasteiger partial charge on any atom is 0.343 e. The van der Waals surface area contributed by atoms with Crippen molar-refractivity contribution < 1.29 is 18.3 Å². The van der Waals surface area contributed by atoms with E-state index in [1.807, 2.05) is 18.2 Å². The van der Waals surface area contributed by atoms with Gasteiger partial charge in [0.2, 0.25) is 0 Å². The first-order chi connectivity index (χ1) is 13.3. The van der Waals surface area contributed by atoms with Crippen LogP contribution >= 0.6 is 23.2 Å². The first-order valence-corrected chi connectivity index (χ1v) is 8.70. The highest BCUT2D eigenvalue weighted by atomic mass is 35.5. The van der Waals surface area contributed by atoms with Gasteiger partial charge in [0.25, 0.3) is 0 Å². The number of nitrogen functional groups attached to an aromatic ring is 2. The smallest absolute Gasteiger partial charge is 0.343 e. The Hall–Kier alpha value is -2.83. The Morgan fingerprint density at radius 1 is 0.893 bits per heavy atom. The van der Waals surface area contributed by atoms with Crippen LogP contribution in [0.3, 0.4) is 0 Å². The summed E-state index contributed by atoms with van der Waals surface area (Å²) >= 11 is 11.2. The highest BCUT2D eigenvalue weighted by Crippen LogP contribution is 2.26. The summed E-state index contributed by atoms with van der Waals surface area (Å²) in [6.45, 7) is 0.0459. The van der Waals surface area contributed by atoms with Gasteiger partial charge in [-0.2, -0.15) is 0 Å². The Labute approximate surface area is 170 Å². The molecular formula is C20H16Cl2F2N2O2. The highest BCUT2D eigenvalue weighted by molar-refractivity contribution is 6.36. The molecule has 0 aliphatic heterocycles. The fourth-order valence-electron chi connectivity index (χ4n) is 2.05. The lowest BCUT2D eigenvalue weighted by molar-refractivity contribution is 0.0467. The van der Waals surface area contributed by atoms with Crippen molar-refractivity contribution in [2.45, 2.75) is 6.61 Å². The Balaban J connectivity index is 0.000000261. The van der Waals surface area contributed by atoms with Gasteiger partial charge in [-0.15, -0.1) is 0 Å². The third kappa shape index (κ3) is 5.84. The largest absolute Gasteiger partial charge is 0.457 e. The minimum atomic E-state index is -0.835. The van der Waals surface area contributed by atoms with Gasteiger partial charge in [-0.05, 0) is 35.9 Å². The van der Waals surface area contributed by atoms with Crippen LogP contribution in [0.2, 0.25) is 10.0 Å². The fraction of sp³-hybridized carbons (Fsp3) is 0.0500. The van der Waals surface area contributed by atoms with E-state index in [0.717, 1.165) is 11.6 Å². The molecule has 0 amide bonds. The van der Waals surface area contributed by atoms with Crippen LogP contribution < -0.4 is 11.5 Å². The van der Waals surface area contributed by atoms with Crippen LogP contribution in [-0.4, -0.2) is 5.97 Å². The number of nitrogens with two attached hydrogens (primary N) is 2. The van der Waals surface area contributed by atoms with Crippen LogP contribution in [0.15, 0.2) is 60.7 Å². The van der Waals surface area contributed by atoms with Crippen LogP contribution in [0.25, 0.3) is 0 Å². The van der Waals surface area contributed by atoms with E-state index >= 15 is 0 Å². The third-order valence-corrected chi connectivity index (χ3v) is 4.14. The van der Waals surface area contributed by atoms with E-state index in [2.05, 4.69) is 0 Å². The minimum absolute atomic E-state index is 0.0459. The van der Waals surface area contributed by atoms with Crippen LogP contribution in [0.4, 0.5) is 20.2 Å². The summed E-state index contributed by atoms with van der Waals surface area (Å²) in [5.41, 5.74) is 11.4. The van der Waals surface area contributed by atoms with Crippen molar-refractivity contribution in [3.63, 3.8) is 0 Å². The van der Waals surface area contributed by atoms with E-state index in [1.165, 1.54) is 18.2 Å². The van der Waals surface area contributed by atoms with E-state index in [4.69, 9.17) is 39.4 Å². The summed E-state index contributed by atoms with van der Waals surface area (Å²) in [6, 6.07) is 15.6. The van der Waals surface area contributed by atoms with E-state index in [9.17, 15) is 13.6 Å². The maximum absolute atomic E-state index is 13.6. The Kier molecular flexibility index (Phi) is 7.61. The van der Waals surface area contributed by atoms with E-state index in [1.54, 1.807) is 18.2 Å². The van der Waals surface area contributed by atoms with Crippen LogP contribution in [0.5, 0.6) is 0 Å². The average Bonchev–Trinajstić information content (AvgIpc) is 2.68. The molecule has 8 heteroatoms. The number of benzene rings is 3. The number of ether oxygens (including phenoxy) is 1. The maximum atomic E-state index is 13.6. The van der Waals surface area contributed by atoms with Gasteiger partial charge in [-0.3, -0.25) is 0 Å². The molecule has 3 aromatic carbocycles. The summed E-state index contributed by atoms with van der Waals surface area (Å²) < 4.78 is 30.9. The summed E-state index contributed by atoms with van der Waals surface area (Å²) in [7, 11) is 0. The number of rotatable bonds is 3. The van der Waals surface area contributed by atoms with Crippen molar-refractivity contribution in [1.29, 1.82) is 0 Å². The zero-order valence-corrected chi connectivity index (χ0v) is 16.0. The Bertz CT molecular complexity index is 970. The van der Waals surface area contributed by atoms with Crippen molar-refractivity contribution in [3.05, 3.63) is 93.5 Å². The molecule has 146 valence electrons. The molecule has 0 spiro atoms. The van der Waals surface area contributed by atoms with Gasteiger partial charge >= 0.3 is 5.97 Å². The number of hydrogen-bond acceptors (Lipinski definition) is 4. The number of halogens is 4. The zero-order chi connectivity index (χ0) is 20.7. The molecule has 0 radical (unpaired) electrons. The van der Waals surface area contributed by atoms with Crippen molar-refractivity contribution in [3.8, 4) is 0 Å². The molecule has 0 fully saturated rings. The predicted octanol–water partition coefficient (Wildman–Crippen LogP) is 5.48. The lowest BCUT2D eigenvalue weighted by atomic mass is 10.2. The molecule has 0 bridgehead atoms. The summed E-state index contributed by atoms with van der Waals surface area (Å²) in [6.07, 6.45) is 0. The van der Waals surface area contributed by atoms with Crippen molar-refractivity contribution >= 4 is 40.5 Å². The van der Waals surface area contributed by atoms with Gasteiger partial charge in [0.1, 0.15) is 23.8 Å². The molecule has 0 aliphatic rings. The predicted molar refractivity (Wildman–Crippen MR) is 107 cm³/mol. The molecule has 3 aromatic rings. The van der Waals surface area contributed by atoms with Crippen LogP contribution in [-0.2, 0) is 11.3 Å². The highest BCUT2D eigenvalue weighted by Gasteiger charge is 2.19. The summed E-state index contributed by atoms with van der Waals surface area (Å²) in [5, 5.41) is 0.236. The second-order valence-corrected chi connectivity index (χ2v) is 6.37. The Morgan fingerprint density at radius 2 is 1.54 bits per heavy atom. The summed E-state index contributed by atoms with van der Waals surface area (Å²) in [5.74, 6) is -2.06. The molecule has 4 nitrogen and oxygen atoms in total. The first kappa shape index (κ1) is 21.5. The van der Waals surface area contributed by atoms with Gasteiger partial charge in [-0.1, -0.05) is 53.5 Å². The number of anilines is 2. The molecular weight excluding hydrogens is 409 g/mol. The minimum Gasteiger partial charge on any atom is -0.457 e.